The number of hydrogen-bond acceptors (Lipinski definition) is 5. The highest BCUT2D eigenvalue weighted by Crippen LogP contribution is 2.32. The van der Waals surface area contributed by atoms with Crippen molar-refractivity contribution in [3.05, 3.63) is 0 Å². The van der Waals surface area contributed by atoms with Crippen molar-refractivity contribution < 1.29 is 14.6 Å². The normalized spacial score (nSPS) is 21.3. The Bertz CT molecular complexity index is 256. The van der Waals surface area contributed by atoms with E-state index in [1.165, 1.54) is 25.7 Å². The fourth-order valence-corrected chi connectivity index (χ4v) is 2.90. The van der Waals surface area contributed by atoms with Gasteiger partial charge >= 0.3 is 0 Å². The van der Waals surface area contributed by atoms with E-state index in [0.29, 0.717) is 19.8 Å². The van der Waals surface area contributed by atoms with Crippen molar-refractivity contribution in [2.75, 3.05) is 47.5 Å². The Morgan fingerprint density at radius 2 is 1.90 bits per heavy atom. The van der Waals surface area contributed by atoms with Crippen LogP contribution < -0.4 is 5.32 Å². The summed E-state index contributed by atoms with van der Waals surface area (Å²) < 4.78 is 10.5. The van der Waals surface area contributed by atoms with E-state index in [1.54, 1.807) is 7.11 Å². The zero-order valence-corrected chi connectivity index (χ0v) is 13.5. The van der Waals surface area contributed by atoms with Crippen molar-refractivity contribution in [1.82, 2.24) is 10.2 Å². The lowest BCUT2D eigenvalue weighted by atomic mass is 9.96. The van der Waals surface area contributed by atoms with Gasteiger partial charge in [-0.05, 0) is 33.9 Å². The molecule has 0 radical (unpaired) electrons. The fourth-order valence-electron chi connectivity index (χ4n) is 2.90. The van der Waals surface area contributed by atoms with Gasteiger partial charge in [0.25, 0.3) is 0 Å². The molecule has 0 saturated heterocycles. The topological polar surface area (TPSA) is 54.0 Å². The smallest absolute Gasteiger partial charge is 0.0897 e. The molecule has 1 aliphatic carbocycles. The maximum atomic E-state index is 9.92. The predicted molar refractivity (Wildman–Crippen MR) is 81.1 cm³/mol. The van der Waals surface area contributed by atoms with Crippen LogP contribution in [-0.2, 0) is 9.47 Å². The van der Waals surface area contributed by atoms with E-state index in [1.807, 2.05) is 6.92 Å². The molecule has 0 aromatic heterocycles. The van der Waals surface area contributed by atoms with Gasteiger partial charge in [-0.15, -0.1) is 0 Å². The Morgan fingerprint density at radius 1 is 1.25 bits per heavy atom. The highest BCUT2D eigenvalue weighted by atomic mass is 16.5. The zero-order valence-electron chi connectivity index (χ0n) is 13.5. The number of aliphatic hydroxyl groups excluding tert-OH is 1. The first kappa shape index (κ1) is 17.9. The molecule has 1 aliphatic rings. The Balaban J connectivity index is 2.19. The molecular weight excluding hydrogens is 256 g/mol. The summed E-state index contributed by atoms with van der Waals surface area (Å²) in [6.45, 7) is 4.37. The maximum absolute atomic E-state index is 9.92. The van der Waals surface area contributed by atoms with Gasteiger partial charge in [-0.25, -0.2) is 0 Å². The van der Waals surface area contributed by atoms with Crippen LogP contribution in [0.15, 0.2) is 0 Å². The first-order valence-corrected chi connectivity index (χ1v) is 7.67. The Hall–Kier alpha value is -0.200. The van der Waals surface area contributed by atoms with Gasteiger partial charge in [0.15, 0.2) is 0 Å². The molecular formula is C15H32N2O3. The molecule has 2 atom stereocenters. The van der Waals surface area contributed by atoms with Crippen LogP contribution in [0.1, 0.15) is 32.6 Å². The van der Waals surface area contributed by atoms with E-state index in [4.69, 9.17) is 9.47 Å². The van der Waals surface area contributed by atoms with Crippen LogP contribution in [-0.4, -0.2) is 75.3 Å². The maximum Gasteiger partial charge on any atom is 0.0897 e. The minimum atomic E-state index is -0.463. The highest BCUT2D eigenvalue weighted by molar-refractivity contribution is 4.94. The summed E-state index contributed by atoms with van der Waals surface area (Å²) in [5, 5.41) is 13.3. The first-order valence-electron chi connectivity index (χ1n) is 7.67. The van der Waals surface area contributed by atoms with E-state index in [9.17, 15) is 5.11 Å². The molecule has 0 heterocycles. The van der Waals surface area contributed by atoms with Crippen LogP contribution in [0.3, 0.4) is 0 Å². The standard InChI is InChI=1S/C15H32N2O3/c1-13(10-19-4)20-11-14(18)9-16-12-15(17(2)3)7-5-6-8-15/h13-14,16,18H,5-12H2,1-4H3. The summed E-state index contributed by atoms with van der Waals surface area (Å²) in [6, 6.07) is 0. The van der Waals surface area contributed by atoms with Crippen molar-refractivity contribution in [3.8, 4) is 0 Å². The van der Waals surface area contributed by atoms with Crippen molar-refractivity contribution in [1.29, 1.82) is 0 Å². The number of aliphatic hydroxyl groups is 1. The molecule has 1 fully saturated rings. The van der Waals surface area contributed by atoms with E-state index in [-0.39, 0.29) is 11.6 Å². The van der Waals surface area contributed by atoms with Gasteiger partial charge in [0.05, 0.1) is 25.4 Å². The number of ether oxygens (including phenoxy) is 2. The molecule has 1 saturated carbocycles. The average Bonchev–Trinajstić information content (AvgIpc) is 2.87. The molecule has 0 aliphatic heterocycles. The lowest BCUT2D eigenvalue weighted by molar-refractivity contribution is -0.0316. The van der Waals surface area contributed by atoms with E-state index < -0.39 is 6.10 Å². The number of nitrogens with one attached hydrogen (secondary N) is 1. The van der Waals surface area contributed by atoms with Gasteiger partial charge in [-0.2, -0.15) is 0 Å². The predicted octanol–water partition coefficient (Wildman–Crippen LogP) is 0.863. The van der Waals surface area contributed by atoms with Crippen LogP contribution in [0.4, 0.5) is 0 Å². The summed E-state index contributed by atoms with van der Waals surface area (Å²) in [4.78, 5) is 2.33. The third-order valence-corrected chi connectivity index (χ3v) is 4.29. The second kappa shape index (κ2) is 8.95. The van der Waals surface area contributed by atoms with Gasteiger partial charge in [0, 0.05) is 25.7 Å². The molecule has 5 nitrogen and oxygen atoms in total. The fraction of sp³-hybridized carbons (Fsp3) is 1.00. The molecule has 2 unspecified atom stereocenters. The first-order chi connectivity index (χ1) is 9.50. The molecule has 120 valence electrons. The average molecular weight is 288 g/mol. The molecule has 0 aromatic rings. The molecule has 1 rings (SSSR count). The Labute approximate surface area is 123 Å². The second-order valence-electron chi connectivity index (χ2n) is 6.21. The van der Waals surface area contributed by atoms with Gasteiger partial charge in [0.1, 0.15) is 0 Å². The van der Waals surface area contributed by atoms with Crippen molar-refractivity contribution in [3.63, 3.8) is 0 Å². The summed E-state index contributed by atoms with van der Waals surface area (Å²) >= 11 is 0. The summed E-state index contributed by atoms with van der Waals surface area (Å²) in [5.41, 5.74) is 0.268. The molecule has 20 heavy (non-hydrogen) atoms. The monoisotopic (exact) mass is 288 g/mol. The molecule has 0 amide bonds. The summed E-state index contributed by atoms with van der Waals surface area (Å²) in [5.74, 6) is 0. The minimum absolute atomic E-state index is 0.0256. The quantitative estimate of drug-likeness (QED) is 0.624. The van der Waals surface area contributed by atoms with Gasteiger partial charge in [-0.3, -0.25) is 0 Å². The van der Waals surface area contributed by atoms with Gasteiger partial charge in [-0.1, -0.05) is 12.8 Å². The molecule has 0 aromatic carbocycles. The third-order valence-electron chi connectivity index (χ3n) is 4.29. The largest absolute Gasteiger partial charge is 0.389 e. The summed E-state index contributed by atoms with van der Waals surface area (Å²) in [7, 11) is 5.96. The van der Waals surface area contributed by atoms with Crippen LogP contribution in [0.25, 0.3) is 0 Å². The number of nitrogens with zero attached hydrogens (tertiary/aromatic N) is 1. The molecule has 0 bridgehead atoms. The second-order valence-corrected chi connectivity index (χ2v) is 6.21. The SMILES string of the molecule is COCC(C)OCC(O)CNCC1(N(C)C)CCCC1. The summed E-state index contributed by atoms with van der Waals surface area (Å²) in [6.07, 6.45) is 4.65. The lowest BCUT2D eigenvalue weighted by Crippen LogP contribution is -2.51. The van der Waals surface area contributed by atoms with E-state index in [0.717, 1.165) is 6.54 Å². The number of likely N-dealkylation sites (N-methyl/N-ethyl adjacent to an activating group) is 1. The van der Waals surface area contributed by atoms with Crippen molar-refractivity contribution in [2.45, 2.75) is 50.4 Å². The van der Waals surface area contributed by atoms with E-state index >= 15 is 0 Å². The van der Waals surface area contributed by atoms with Crippen LogP contribution in [0.2, 0.25) is 0 Å². The van der Waals surface area contributed by atoms with Crippen molar-refractivity contribution >= 4 is 0 Å². The van der Waals surface area contributed by atoms with Gasteiger partial charge in [0.2, 0.25) is 0 Å². The van der Waals surface area contributed by atoms with Crippen LogP contribution in [0.5, 0.6) is 0 Å². The van der Waals surface area contributed by atoms with Crippen molar-refractivity contribution in [2.24, 2.45) is 0 Å². The number of methoxy groups -OCH3 is 1. The van der Waals surface area contributed by atoms with E-state index in [2.05, 4.69) is 24.3 Å². The highest BCUT2D eigenvalue weighted by Gasteiger charge is 2.35. The van der Waals surface area contributed by atoms with Crippen LogP contribution in [0, 0.1) is 0 Å². The lowest BCUT2D eigenvalue weighted by Gasteiger charge is -2.37. The Kier molecular flexibility index (Phi) is 7.99. The Morgan fingerprint density at radius 3 is 2.45 bits per heavy atom. The zero-order chi connectivity index (χ0) is 15.0. The molecule has 2 N–H and O–H groups in total. The third kappa shape index (κ3) is 5.66. The molecule has 5 heteroatoms. The number of hydrogen-bond donors (Lipinski definition) is 2. The van der Waals surface area contributed by atoms with Crippen LogP contribution >= 0.6 is 0 Å². The number of rotatable bonds is 10. The van der Waals surface area contributed by atoms with Gasteiger partial charge < -0.3 is 24.8 Å². The molecule has 0 spiro atoms. The minimum Gasteiger partial charge on any atom is -0.389 e.